The average Bonchev–Trinajstić information content (AvgIpc) is 2.72. The highest BCUT2D eigenvalue weighted by Crippen LogP contribution is 2.16. The largest absolute Gasteiger partial charge is 0.449 e. The summed E-state index contributed by atoms with van der Waals surface area (Å²) in [5, 5.41) is 4.68. The van der Waals surface area contributed by atoms with Gasteiger partial charge in [0, 0.05) is 12.3 Å². The van der Waals surface area contributed by atoms with Crippen molar-refractivity contribution < 1.29 is 23.3 Å². The maximum Gasteiger partial charge on any atom is 0.340 e. The Balaban J connectivity index is 1.90. The maximum absolute atomic E-state index is 12.4. The van der Waals surface area contributed by atoms with Crippen molar-refractivity contribution in [1.29, 1.82) is 0 Å². The van der Waals surface area contributed by atoms with E-state index in [0.717, 1.165) is 5.56 Å². The van der Waals surface area contributed by atoms with Gasteiger partial charge in [-0.3, -0.25) is 14.3 Å². The predicted octanol–water partition coefficient (Wildman–Crippen LogP) is 2.39. The summed E-state index contributed by atoms with van der Waals surface area (Å²) in [6.45, 7) is 3.35. The first kappa shape index (κ1) is 21.3. The number of carbonyl (C=O) groups excluding carboxylic acids is 3. The lowest BCUT2D eigenvalue weighted by molar-refractivity contribution is -0.127. The van der Waals surface area contributed by atoms with Gasteiger partial charge in [0.05, 0.1) is 21.3 Å². The zero-order chi connectivity index (χ0) is 20.5. The number of nitrogens with one attached hydrogen (secondary N) is 2. The van der Waals surface area contributed by atoms with Crippen LogP contribution in [0.4, 0.5) is 4.79 Å². The number of amides is 3. The van der Waals surface area contributed by atoms with Crippen molar-refractivity contribution in [3.63, 3.8) is 0 Å². The summed E-state index contributed by atoms with van der Waals surface area (Å²) in [5.41, 5.74) is 1.01. The second-order valence-electron chi connectivity index (χ2n) is 5.84. The Morgan fingerprint density at radius 3 is 2.36 bits per heavy atom. The molecule has 0 heterocycles. The van der Waals surface area contributed by atoms with Gasteiger partial charge in [-0.25, -0.2) is 9.59 Å². The predicted molar refractivity (Wildman–Crippen MR) is 105 cm³/mol. The van der Waals surface area contributed by atoms with Gasteiger partial charge in [0.1, 0.15) is 0 Å². The van der Waals surface area contributed by atoms with Crippen LogP contribution >= 0.6 is 0 Å². The van der Waals surface area contributed by atoms with E-state index < -0.39 is 34.8 Å². The fourth-order valence-electron chi connectivity index (χ4n) is 2.30. The van der Waals surface area contributed by atoms with Gasteiger partial charge in [-0.1, -0.05) is 49.4 Å². The molecule has 0 fully saturated rings. The van der Waals surface area contributed by atoms with Crippen molar-refractivity contribution in [2.45, 2.75) is 31.4 Å². The van der Waals surface area contributed by atoms with E-state index in [1.165, 1.54) is 13.0 Å². The first-order valence-corrected chi connectivity index (χ1v) is 10.0. The smallest absolute Gasteiger partial charge is 0.340 e. The van der Waals surface area contributed by atoms with Crippen LogP contribution in [-0.4, -0.2) is 34.0 Å². The molecule has 0 radical (unpaired) electrons. The summed E-state index contributed by atoms with van der Waals surface area (Å²) in [7, 11) is -1.34. The van der Waals surface area contributed by atoms with Crippen LogP contribution in [0.25, 0.3) is 0 Å². The van der Waals surface area contributed by atoms with Crippen molar-refractivity contribution >= 4 is 28.7 Å². The Kier molecular flexibility index (Phi) is 7.88. The third-order valence-corrected chi connectivity index (χ3v) is 5.17. The van der Waals surface area contributed by atoms with Gasteiger partial charge in [0.25, 0.3) is 5.91 Å². The lowest BCUT2D eigenvalue weighted by Crippen LogP contribution is -2.44. The molecule has 3 amide bonds. The van der Waals surface area contributed by atoms with Crippen molar-refractivity contribution in [3.05, 3.63) is 65.7 Å². The highest BCUT2D eigenvalue weighted by Gasteiger charge is 2.23. The fourth-order valence-corrected chi connectivity index (χ4v) is 3.24. The first-order chi connectivity index (χ1) is 13.4. The average molecular weight is 402 g/mol. The molecule has 0 spiro atoms. The third-order valence-electron chi connectivity index (χ3n) is 3.80. The number of imide groups is 1. The van der Waals surface area contributed by atoms with E-state index in [0.29, 0.717) is 10.6 Å². The Bertz CT molecular complexity index is 870. The quantitative estimate of drug-likeness (QED) is 0.693. The second-order valence-corrected chi connectivity index (χ2v) is 7.54. The molecule has 7 nitrogen and oxygen atoms in total. The lowest BCUT2D eigenvalue weighted by Gasteiger charge is -2.14. The molecule has 2 rings (SSSR count). The van der Waals surface area contributed by atoms with Crippen LogP contribution in [0.1, 0.15) is 29.8 Å². The summed E-state index contributed by atoms with van der Waals surface area (Å²) in [5.74, 6) is -1.18. The summed E-state index contributed by atoms with van der Waals surface area (Å²) in [4.78, 5) is 36.7. The lowest BCUT2D eigenvalue weighted by atomic mass is 10.2. The van der Waals surface area contributed by atoms with Crippen LogP contribution in [0.5, 0.6) is 0 Å². The molecule has 148 valence electrons. The normalized spacial score (nSPS) is 12.5. The van der Waals surface area contributed by atoms with Crippen LogP contribution in [-0.2, 0) is 26.9 Å². The molecule has 2 aromatic carbocycles. The highest BCUT2D eigenvalue weighted by atomic mass is 32.2. The van der Waals surface area contributed by atoms with E-state index >= 15 is 0 Å². The number of esters is 1. The van der Waals surface area contributed by atoms with E-state index in [1.807, 2.05) is 30.3 Å². The molecular formula is C20H22N2O5S. The van der Waals surface area contributed by atoms with Gasteiger partial charge >= 0.3 is 12.0 Å². The zero-order valence-electron chi connectivity index (χ0n) is 15.6. The van der Waals surface area contributed by atoms with Gasteiger partial charge in [0.15, 0.2) is 6.10 Å². The van der Waals surface area contributed by atoms with Crippen LogP contribution in [0.3, 0.4) is 0 Å². The van der Waals surface area contributed by atoms with Gasteiger partial charge in [-0.15, -0.1) is 0 Å². The van der Waals surface area contributed by atoms with Crippen LogP contribution in [0.15, 0.2) is 59.5 Å². The molecule has 0 aliphatic heterocycles. The minimum Gasteiger partial charge on any atom is -0.449 e. The fraction of sp³-hybridized carbons (Fsp3) is 0.250. The molecule has 8 heteroatoms. The molecule has 0 aromatic heterocycles. The third kappa shape index (κ3) is 6.02. The van der Waals surface area contributed by atoms with Crippen molar-refractivity contribution in [2.24, 2.45) is 0 Å². The molecule has 2 aromatic rings. The van der Waals surface area contributed by atoms with Crippen molar-refractivity contribution in [1.82, 2.24) is 10.6 Å². The summed E-state index contributed by atoms with van der Waals surface area (Å²) in [6, 6.07) is 14.9. The Labute approximate surface area is 165 Å². The SMILES string of the molecule is CC[S@](=O)c1ccccc1C(=O)O[C@H](C)C(=O)NC(=O)NCc1ccccc1. The number of urea groups is 1. The Morgan fingerprint density at radius 2 is 1.68 bits per heavy atom. The van der Waals surface area contributed by atoms with Crippen LogP contribution < -0.4 is 10.6 Å². The molecular weight excluding hydrogens is 380 g/mol. The number of benzene rings is 2. The minimum absolute atomic E-state index is 0.135. The van der Waals surface area contributed by atoms with Gasteiger partial charge in [-0.05, 0) is 24.6 Å². The molecule has 2 atom stereocenters. The number of rotatable bonds is 7. The van der Waals surface area contributed by atoms with E-state index in [2.05, 4.69) is 10.6 Å². The monoisotopic (exact) mass is 402 g/mol. The number of carbonyl (C=O) groups is 3. The van der Waals surface area contributed by atoms with E-state index in [-0.39, 0.29) is 12.1 Å². The van der Waals surface area contributed by atoms with E-state index in [1.54, 1.807) is 25.1 Å². The number of ether oxygens (including phenoxy) is 1. The Morgan fingerprint density at radius 1 is 1.04 bits per heavy atom. The van der Waals surface area contributed by atoms with E-state index in [4.69, 9.17) is 4.74 Å². The molecule has 0 aliphatic rings. The molecule has 0 aliphatic carbocycles. The molecule has 0 bridgehead atoms. The molecule has 0 saturated heterocycles. The number of hydrogen-bond donors (Lipinski definition) is 2. The van der Waals surface area contributed by atoms with Crippen LogP contribution in [0, 0.1) is 0 Å². The highest BCUT2D eigenvalue weighted by molar-refractivity contribution is 7.85. The number of hydrogen-bond acceptors (Lipinski definition) is 5. The topological polar surface area (TPSA) is 102 Å². The molecule has 0 unspecified atom stereocenters. The summed E-state index contributed by atoms with van der Waals surface area (Å²) < 4.78 is 17.2. The van der Waals surface area contributed by atoms with Gasteiger partial charge < -0.3 is 10.1 Å². The maximum atomic E-state index is 12.4. The van der Waals surface area contributed by atoms with Gasteiger partial charge in [0.2, 0.25) is 0 Å². The summed E-state index contributed by atoms with van der Waals surface area (Å²) >= 11 is 0. The van der Waals surface area contributed by atoms with Crippen LogP contribution in [0.2, 0.25) is 0 Å². The standard InChI is InChI=1S/C20H22N2O5S/c1-3-28(26)17-12-8-7-11-16(17)19(24)27-14(2)18(23)22-20(25)21-13-15-9-5-4-6-10-15/h4-12,14H,3,13H2,1-2H3,(H2,21,22,23,25)/t14-,28+/m1/s1. The summed E-state index contributed by atoms with van der Waals surface area (Å²) in [6.07, 6.45) is -1.20. The van der Waals surface area contributed by atoms with Crippen molar-refractivity contribution in [2.75, 3.05) is 5.75 Å². The second kappa shape index (κ2) is 10.4. The molecule has 28 heavy (non-hydrogen) atoms. The van der Waals surface area contributed by atoms with Gasteiger partial charge in [-0.2, -0.15) is 0 Å². The minimum atomic E-state index is -1.34. The van der Waals surface area contributed by atoms with E-state index in [9.17, 15) is 18.6 Å². The van der Waals surface area contributed by atoms with Crippen molar-refractivity contribution in [3.8, 4) is 0 Å². The first-order valence-electron chi connectivity index (χ1n) is 8.73. The Hall–Kier alpha value is -3.00. The zero-order valence-corrected chi connectivity index (χ0v) is 16.5. The molecule has 0 saturated carbocycles. The molecule has 2 N–H and O–H groups in total.